The second-order valence-corrected chi connectivity index (χ2v) is 11.3. The maximum absolute atomic E-state index is 12.6. The molecule has 0 spiro atoms. The lowest BCUT2D eigenvalue weighted by molar-refractivity contribution is -0.126. The standard InChI is InChI=1S/C16H26BrN3O3S2/c1-12(16(21)18-8-11-19(2)3)13-6-9-20(10-7-13)25(22,23)15-5-4-14(17)24-15/h4-5,12-13H,6-11H2,1-3H3,(H,18,21)/t12-/m1/s1. The van der Waals surface area contributed by atoms with Crippen molar-refractivity contribution >= 4 is 43.2 Å². The van der Waals surface area contributed by atoms with Crippen molar-refractivity contribution in [1.29, 1.82) is 0 Å². The number of hydrogen-bond donors (Lipinski definition) is 1. The monoisotopic (exact) mass is 451 g/mol. The molecule has 9 heteroatoms. The second-order valence-electron chi connectivity index (χ2n) is 6.68. The Morgan fingerprint density at radius 2 is 2.04 bits per heavy atom. The minimum Gasteiger partial charge on any atom is -0.355 e. The fourth-order valence-electron chi connectivity index (χ4n) is 2.96. The van der Waals surface area contributed by atoms with Gasteiger partial charge >= 0.3 is 0 Å². The first-order chi connectivity index (χ1) is 11.7. The molecule has 2 heterocycles. The number of likely N-dealkylation sites (N-methyl/N-ethyl adjacent to an activating group) is 1. The number of thiophene rings is 1. The van der Waals surface area contributed by atoms with E-state index in [1.54, 1.807) is 16.4 Å². The molecular formula is C16H26BrN3O3S2. The third-order valence-corrected chi connectivity index (χ3v) is 8.61. The summed E-state index contributed by atoms with van der Waals surface area (Å²) < 4.78 is 28.0. The number of halogens is 1. The van der Waals surface area contributed by atoms with Crippen LogP contribution in [0.15, 0.2) is 20.1 Å². The van der Waals surface area contributed by atoms with Gasteiger partial charge in [-0.25, -0.2) is 8.42 Å². The van der Waals surface area contributed by atoms with Gasteiger partial charge in [-0.05, 0) is 60.9 Å². The van der Waals surface area contributed by atoms with Crippen LogP contribution in [0.1, 0.15) is 19.8 Å². The second kappa shape index (κ2) is 8.94. The van der Waals surface area contributed by atoms with E-state index in [2.05, 4.69) is 21.2 Å². The summed E-state index contributed by atoms with van der Waals surface area (Å²) in [7, 11) is 0.522. The summed E-state index contributed by atoms with van der Waals surface area (Å²) >= 11 is 4.54. The van der Waals surface area contributed by atoms with Gasteiger partial charge in [-0.2, -0.15) is 4.31 Å². The molecule has 1 N–H and O–H groups in total. The normalized spacial score (nSPS) is 18.4. The summed E-state index contributed by atoms with van der Waals surface area (Å²) in [5.74, 6) is 0.189. The molecule has 142 valence electrons. The smallest absolute Gasteiger partial charge is 0.252 e. The number of nitrogens with zero attached hydrogens (tertiary/aromatic N) is 2. The molecule has 0 saturated carbocycles. The van der Waals surface area contributed by atoms with Gasteiger partial charge < -0.3 is 10.2 Å². The van der Waals surface area contributed by atoms with Gasteiger partial charge in [-0.1, -0.05) is 6.92 Å². The van der Waals surface area contributed by atoms with Crippen molar-refractivity contribution in [2.75, 3.05) is 40.3 Å². The summed E-state index contributed by atoms with van der Waals surface area (Å²) in [5, 5.41) is 2.97. The summed E-state index contributed by atoms with van der Waals surface area (Å²) in [5.41, 5.74) is 0. The van der Waals surface area contributed by atoms with Crippen LogP contribution in [-0.4, -0.2) is 63.8 Å². The number of hydrogen-bond acceptors (Lipinski definition) is 5. The Morgan fingerprint density at radius 3 is 2.56 bits per heavy atom. The Kier molecular flexibility index (Phi) is 7.45. The Hall–Kier alpha value is -0.480. The quantitative estimate of drug-likeness (QED) is 0.689. The first kappa shape index (κ1) is 20.8. The molecule has 0 bridgehead atoms. The molecule has 6 nitrogen and oxygen atoms in total. The van der Waals surface area contributed by atoms with E-state index in [1.165, 1.54) is 11.3 Å². The molecule has 0 aliphatic carbocycles. The molecule has 1 aliphatic heterocycles. The van der Waals surface area contributed by atoms with Crippen molar-refractivity contribution in [2.45, 2.75) is 24.0 Å². The Balaban J connectivity index is 1.87. The first-order valence-corrected chi connectivity index (χ1v) is 11.4. The molecule has 0 radical (unpaired) electrons. The number of nitrogens with one attached hydrogen (secondary N) is 1. The first-order valence-electron chi connectivity index (χ1n) is 8.39. The van der Waals surface area contributed by atoms with E-state index in [9.17, 15) is 13.2 Å². The average molecular weight is 452 g/mol. The lowest BCUT2D eigenvalue weighted by Crippen LogP contribution is -2.43. The van der Waals surface area contributed by atoms with Crippen molar-refractivity contribution < 1.29 is 13.2 Å². The Bertz CT molecular complexity index is 683. The number of sulfonamides is 1. The molecule has 1 aliphatic rings. The zero-order valence-corrected chi connectivity index (χ0v) is 18.1. The van der Waals surface area contributed by atoms with Crippen LogP contribution in [0.2, 0.25) is 0 Å². The van der Waals surface area contributed by atoms with Crippen LogP contribution >= 0.6 is 27.3 Å². The summed E-state index contributed by atoms with van der Waals surface area (Å²) in [6.45, 7) is 4.33. The molecule has 2 rings (SSSR count). The number of piperidine rings is 1. The number of carbonyl (C=O) groups is 1. The third kappa shape index (κ3) is 5.50. The topological polar surface area (TPSA) is 69.7 Å². The molecule has 1 aromatic heterocycles. The minimum absolute atomic E-state index is 0.0605. The van der Waals surface area contributed by atoms with E-state index in [0.29, 0.717) is 36.7 Å². The fourth-order valence-corrected chi connectivity index (χ4v) is 6.59. The molecule has 1 saturated heterocycles. The number of amides is 1. The van der Waals surface area contributed by atoms with Crippen LogP contribution < -0.4 is 5.32 Å². The lowest BCUT2D eigenvalue weighted by Gasteiger charge is -2.33. The zero-order chi connectivity index (χ0) is 18.6. The molecule has 0 aromatic carbocycles. The third-order valence-electron chi connectivity index (χ3n) is 4.62. The van der Waals surface area contributed by atoms with Gasteiger partial charge in [0.05, 0.1) is 3.79 Å². The molecule has 1 fully saturated rings. The maximum Gasteiger partial charge on any atom is 0.252 e. The van der Waals surface area contributed by atoms with Gasteiger partial charge in [-0.15, -0.1) is 11.3 Å². The Labute approximate surface area is 162 Å². The van der Waals surface area contributed by atoms with E-state index in [1.807, 2.05) is 25.9 Å². The van der Waals surface area contributed by atoms with Crippen LogP contribution in [0.3, 0.4) is 0 Å². The van der Waals surface area contributed by atoms with Gasteiger partial charge in [0.1, 0.15) is 4.21 Å². The summed E-state index contributed by atoms with van der Waals surface area (Å²) in [6, 6.07) is 3.39. The zero-order valence-electron chi connectivity index (χ0n) is 14.9. The lowest BCUT2D eigenvalue weighted by atomic mass is 9.85. The molecule has 0 unspecified atom stereocenters. The number of carbonyl (C=O) groups excluding carboxylic acids is 1. The van der Waals surface area contributed by atoms with Crippen molar-refractivity contribution in [1.82, 2.24) is 14.5 Å². The molecule has 1 atom stereocenters. The van der Waals surface area contributed by atoms with Gasteiger partial charge in [-0.3, -0.25) is 4.79 Å². The van der Waals surface area contributed by atoms with Crippen molar-refractivity contribution in [3.05, 3.63) is 15.9 Å². The van der Waals surface area contributed by atoms with Crippen LogP contribution in [-0.2, 0) is 14.8 Å². The van der Waals surface area contributed by atoms with E-state index in [4.69, 9.17) is 0 Å². The predicted octanol–water partition coefficient (Wildman–Crippen LogP) is 2.23. The molecular weight excluding hydrogens is 426 g/mol. The summed E-state index contributed by atoms with van der Waals surface area (Å²) in [6.07, 6.45) is 1.43. The fraction of sp³-hybridized carbons (Fsp3) is 0.688. The highest BCUT2D eigenvalue weighted by Gasteiger charge is 2.33. The maximum atomic E-state index is 12.6. The minimum atomic E-state index is -3.42. The van der Waals surface area contributed by atoms with Crippen molar-refractivity contribution in [2.24, 2.45) is 11.8 Å². The van der Waals surface area contributed by atoms with Gasteiger partial charge in [0.15, 0.2) is 0 Å². The summed E-state index contributed by atoms with van der Waals surface area (Å²) in [4.78, 5) is 14.3. The largest absolute Gasteiger partial charge is 0.355 e. The van der Waals surface area contributed by atoms with E-state index in [-0.39, 0.29) is 17.7 Å². The van der Waals surface area contributed by atoms with Gasteiger partial charge in [0.2, 0.25) is 5.91 Å². The van der Waals surface area contributed by atoms with Crippen molar-refractivity contribution in [3.8, 4) is 0 Å². The molecule has 25 heavy (non-hydrogen) atoms. The van der Waals surface area contributed by atoms with E-state index in [0.717, 1.165) is 10.3 Å². The molecule has 1 amide bonds. The SMILES string of the molecule is C[C@@H](C(=O)NCCN(C)C)C1CCN(S(=O)(=O)c2ccc(Br)s2)CC1. The van der Waals surface area contributed by atoms with Crippen molar-refractivity contribution in [3.63, 3.8) is 0 Å². The highest BCUT2D eigenvalue weighted by molar-refractivity contribution is 9.11. The van der Waals surface area contributed by atoms with Gasteiger partial charge in [0, 0.05) is 32.1 Å². The highest BCUT2D eigenvalue weighted by Crippen LogP contribution is 2.32. The van der Waals surface area contributed by atoms with Crippen LogP contribution in [0.5, 0.6) is 0 Å². The Morgan fingerprint density at radius 1 is 1.40 bits per heavy atom. The van der Waals surface area contributed by atoms with E-state index >= 15 is 0 Å². The predicted molar refractivity (Wildman–Crippen MR) is 104 cm³/mol. The van der Waals surface area contributed by atoms with Crippen LogP contribution in [0.4, 0.5) is 0 Å². The molecule has 1 aromatic rings. The van der Waals surface area contributed by atoms with Crippen LogP contribution in [0, 0.1) is 11.8 Å². The van der Waals surface area contributed by atoms with Crippen LogP contribution in [0.25, 0.3) is 0 Å². The average Bonchev–Trinajstić information content (AvgIpc) is 3.01. The van der Waals surface area contributed by atoms with Gasteiger partial charge in [0.25, 0.3) is 10.0 Å². The highest BCUT2D eigenvalue weighted by atomic mass is 79.9. The number of rotatable bonds is 7. The van der Waals surface area contributed by atoms with E-state index < -0.39 is 10.0 Å².